The molecular formula is C15H19NO3. The first-order chi connectivity index (χ1) is 9.22. The highest BCUT2D eigenvalue weighted by Crippen LogP contribution is 2.51. The number of nitrogens with zero attached hydrogens (tertiary/aromatic N) is 1. The van der Waals surface area contributed by atoms with E-state index in [0.717, 1.165) is 36.8 Å². The average molecular weight is 261 g/mol. The van der Waals surface area contributed by atoms with E-state index in [9.17, 15) is 4.79 Å². The maximum Gasteiger partial charge on any atom is 0.235 e. The summed E-state index contributed by atoms with van der Waals surface area (Å²) in [6, 6.07) is 3.93. The minimum atomic E-state index is -0.465. The largest absolute Gasteiger partial charge is 0.493 e. The van der Waals surface area contributed by atoms with Crippen LogP contribution in [0.3, 0.4) is 0 Å². The third-order valence-electron chi connectivity index (χ3n) is 3.92. The Morgan fingerprint density at radius 1 is 1.32 bits per heavy atom. The van der Waals surface area contributed by atoms with Crippen molar-refractivity contribution in [2.75, 3.05) is 14.2 Å². The Hall–Kier alpha value is -1.80. The van der Waals surface area contributed by atoms with Gasteiger partial charge in [-0.1, -0.05) is 13.0 Å². The van der Waals surface area contributed by atoms with Crippen molar-refractivity contribution in [1.29, 1.82) is 0 Å². The van der Waals surface area contributed by atoms with E-state index in [1.165, 1.54) is 0 Å². The van der Waals surface area contributed by atoms with Crippen LogP contribution in [0.4, 0.5) is 0 Å². The quantitative estimate of drug-likeness (QED) is 0.604. The summed E-state index contributed by atoms with van der Waals surface area (Å²) in [5.41, 5.74) is 1.68. The molecule has 4 heteroatoms. The lowest BCUT2D eigenvalue weighted by Crippen LogP contribution is -2.33. The van der Waals surface area contributed by atoms with E-state index in [2.05, 4.69) is 11.9 Å². The van der Waals surface area contributed by atoms with Gasteiger partial charge in [0.2, 0.25) is 6.08 Å². The van der Waals surface area contributed by atoms with Crippen molar-refractivity contribution in [2.45, 2.75) is 38.1 Å². The monoisotopic (exact) mass is 261 g/mol. The van der Waals surface area contributed by atoms with E-state index < -0.39 is 5.54 Å². The van der Waals surface area contributed by atoms with Gasteiger partial charge in [-0.25, -0.2) is 4.79 Å². The van der Waals surface area contributed by atoms with Crippen molar-refractivity contribution < 1.29 is 14.3 Å². The topological polar surface area (TPSA) is 47.9 Å². The fourth-order valence-corrected chi connectivity index (χ4v) is 2.79. The SMILES string of the molecule is CCc1ccc(OC)c(OC)c1C1(N=C=O)CCC1. The zero-order valence-electron chi connectivity index (χ0n) is 11.7. The molecule has 0 unspecified atom stereocenters. The summed E-state index contributed by atoms with van der Waals surface area (Å²) in [6.45, 7) is 2.09. The number of hydrogen-bond acceptors (Lipinski definition) is 4. The Morgan fingerprint density at radius 2 is 2.05 bits per heavy atom. The third-order valence-corrected chi connectivity index (χ3v) is 3.92. The average Bonchev–Trinajstić information content (AvgIpc) is 2.41. The zero-order chi connectivity index (χ0) is 13.9. The molecule has 1 aliphatic rings. The van der Waals surface area contributed by atoms with Crippen LogP contribution in [0.1, 0.15) is 37.3 Å². The highest BCUT2D eigenvalue weighted by Gasteiger charge is 2.43. The highest BCUT2D eigenvalue weighted by molar-refractivity contribution is 5.56. The maximum absolute atomic E-state index is 10.8. The van der Waals surface area contributed by atoms with Crippen LogP contribution in [0.25, 0.3) is 0 Å². The lowest BCUT2D eigenvalue weighted by Gasteiger charge is -2.39. The molecule has 2 rings (SSSR count). The number of isocyanates is 1. The van der Waals surface area contributed by atoms with E-state index >= 15 is 0 Å². The first-order valence-corrected chi connectivity index (χ1v) is 6.55. The van der Waals surface area contributed by atoms with Crippen molar-refractivity contribution in [2.24, 2.45) is 4.99 Å². The van der Waals surface area contributed by atoms with Crippen LogP contribution in [0, 0.1) is 0 Å². The van der Waals surface area contributed by atoms with E-state index in [0.29, 0.717) is 11.5 Å². The molecule has 0 amide bonds. The van der Waals surface area contributed by atoms with Gasteiger partial charge >= 0.3 is 0 Å². The molecule has 0 N–H and O–H groups in total. The number of methoxy groups -OCH3 is 2. The number of aryl methyl sites for hydroxylation is 1. The van der Waals surface area contributed by atoms with Crippen molar-refractivity contribution >= 4 is 6.08 Å². The molecule has 1 saturated carbocycles. The van der Waals surface area contributed by atoms with Gasteiger partial charge in [0, 0.05) is 5.56 Å². The Kier molecular flexibility index (Phi) is 3.91. The minimum Gasteiger partial charge on any atom is -0.493 e. The number of rotatable bonds is 5. The molecule has 0 atom stereocenters. The van der Waals surface area contributed by atoms with Gasteiger partial charge in [-0.3, -0.25) is 0 Å². The number of carbonyl (C=O) groups excluding carboxylic acids is 1. The second-order valence-corrected chi connectivity index (χ2v) is 4.78. The molecule has 0 saturated heterocycles. The van der Waals surface area contributed by atoms with Crippen LogP contribution in [-0.4, -0.2) is 20.3 Å². The molecule has 0 aromatic heterocycles. The molecule has 0 bridgehead atoms. The normalized spacial score (nSPS) is 16.2. The Balaban J connectivity index is 2.67. The summed E-state index contributed by atoms with van der Waals surface area (Å²) in [6.07, 6.45) is 5.38. The lowest BCUT2D eigenvalue weighted by molar-refractivity contribution is 0.240. The summed E-state index contributed by atoms with van der Waals surface area (Å²) in [7, 11) is 3.24. The maximum atomic E-state index is 10.8. The molecule has 19 heavy (non-hydrogen) atoms. The third kappa shape index (κ3) is 2.13. The number of ether oxygens (including phenoxy) is 2. The van der Waals surface area contributed by atoms with Crippen molar-refractivity contribution in [3.05, 3.63) is 23.3 Å². The fraction of sp³-hybridized carbons (Fsp3) is 0.533. The van der Waals surface area contributed by atoms with Crippen LogP contribution in [0.2, 0.25) is 0 Å². The molecule has 0 heterocycles. The molecule has 102 valence electrons. The smallest absolute Gasteiger partial charge is 0.235 e. The van der Waals surface area contributed by atoms with E-state index in [1.807, 2.05) is 12.1 Å². The molecule has 1 fully saturated rings. The van der Waals surface area contributed by atoms with Crippen LogP contribution in [0.5, 0.6) is 11.5 Å². The molecule has 1 aromatic carbocycles. The van der Waals surface area contributed by atoms with Gasteiger partial charge in [-0.15, -0.1) is 0 Å². The molecule has 4 nitrogen and oxygen atoms in total. The van der Waals surface area contributed by atoms with Crippen LogP contribution < -0.4 is 9.47 Å². The van der Waals surface area contributed by atoms with Crippen molar-refractivity contribution in [1.82, 2.24) is 0 Å². The van der Waals surface area contributed by atoms with Crippen LogP contribution in [-0.2, 0) is 16.8 Å². The first kappa shape index (κ1) is 13.6. The van der Waals surface area contributed by atoms with Crippen LogP contribution in [0.15, 0.2) is 17.1 Å². The number of benzene rings is 1. The standard InChI is InChI=1S/C15H19NO3/c1-4-11-6-7-12(18-2)14(19-3)13(11)15(16-10-17)8-5-9-15/h6-7H,4-5,8-9H2,1-3H3. The first-order valence-electron chi connectivity index (χ1n) is 6.55. The van der Waals surface area contributed by atoms with Gasteiger partial charge in [0.05, 0.1) is 14.2 Å². The molecular weight excluding hydrogens is 242 g/mol. The summed E-state index contributed by atoms with van der Waals surface area (Å²) >= 11 is 0. The lowest BCUT2D eigenvalue weighted by atomic mass is 9.70. The molecule has 1 aromatic rings. The number of hydrogen-bond donors (Lipinski definition) is 0. The minimum absolute atomic E-state index is 0.465. The van der Waals surface area contributed by atoms with Gasteiger partial charge in [0.15, 0.2) is 11.5 Å². The predicted octanol–water partition coefficient (Wildman–Crippen LogP) is 2.98. The predicted molar refractivity (Wildman–Crippen MR) is 72.6 cm³/mol. The van der Waals surface area contributed by atoms with E-state index in [4.69, 9.17) is 9.47 Å². The molecule has 0 radical (unpaired) electrons. The van der Waals surface area contributed by atoms with Crippen molar-refractivity contribution in [3.8, 4) is 11.5 Å². The van der Waals surface area contributed by atoms with Gasteiger partial charge in [-0.2, -0.15) is 4.99 Å². The number of aliphatic imine (C=N–C) groups is 1. The second-order valence-electron chi connectivity index (χ2n) is 4.78. The molecule has 0 spiro atoms. The fourth-order valence-electron chi connectivity index (χ4n) is 2.79. The Morgan fingerprint density at radius 3 is 2.47 bits per heavy atom. The van der Waals surface area contributed by atoms with Gasteiger partial charge in [0.1, 0.15) is 5.54 Å². The summed E-state index contributed by atoms with van der Waals surface area (Å²) < 4.78 is 10.9. The highest BCUT2D eigenvalue weighted by atomic mass is 16.5. The zero-order valence-corrected chi connectivity index (χ0v) is 11.7. The van der Waals surface area contributed by atoms with E-state index in [-0.39, 0.29) is 0 Å². The van der Waals surface area contributed by atoms with Gasteiger partial charge < -0.3 is 9.47 Å². The summed E-state index contributed by atoms with van der Waals surface area (Å²) in [4.78, 5) is 14.9. The Labute approximate surface area is 113 Å². The second kappa shape index (κ2) is 5.45. The van der Waals surface area contributed by atoms with Crippen LogP contribution >= 0.6 is 0 Å². The summed E-state index contributed by atoms with van der Waals surface area (Å²) in [5.74, 6) is 1.38. The van der Waals surface area contributed by atoms with Gasteiger partial charge in [0.25, 0.3) is 0 Å². The van der Waals surface area contributed by atoms with Gasteiger partial charge in [-0.05, 0) is 37.3 Å². The van der Waals surface area contributed by atoms with Crippen molar-refractivity contribution in [3.63, 3.8) is 0 Å². The Bertz CT molecular complexity index is 514. The summed E-state index contributed by atoms with van der Waals surface area (Å²) in [5, 5.41) is 0. The molecule has 1 aliphatic carbocycles. The molecule has 0 aliphatic heterocycles. The van der Waals surface area contributed by atoms with E-state index in [1.54, 1.807) is 20.3 Å².